The first-order valence-corrected chi connectivity index (χ1v) is 12.5. The molecule has 2 fully saturated rings. The maximum atomic E-state index is 14.1. The number of thiophene rings is 1. The van der Waals surface area contributed by atoms with Crippen molar-refractivity contribution in [3.05, 3.63) is 51.9 Å². The van der Waals surface area contributed by atoms with Crippen LogP contribution in [0.3, 0.4) is 0 Å². The zero-order valence-electron chi connectivity index (χ0n) is 18.3. The van der Waals surface area contributed by atoms with Gasteiger partial charge >= 0.3 is 0 Å². The number of benzene rings is 1. The largest absolute Gasteiger partial charge is 0.352 e. The summed E-state index contributed by atoms with van der Waals surface area (Å²) in [6.45, 7) is 4.89. The van der Waals surface area contributed by atoms with Gasteiger partial charge in [-0.25, -0.2) is 14.4 Å². The molecule has 1 saturated carbocycles. The minimum absolute atomic E-state index is 0.155. The van der Waals surface area contributed by atoms with Gasteiger partial charge in [0.05, 0.1) is 10.9 Å². The number of aryl methyl sites for hydroxylation is 1. The van der Waals surface area contributed by atoms with Crippen molar-refractivity contribution >= 4 is 33.3 Å². The number of piperazine rings is 1. The standard InChI is InChI=1S/C25H27FN4OS/c1-15-6-9-18-20(14-15)32-24-21(18)23(27-22(28-24)16-7-8-16)29-10-12-30(13-11-29)25(31)17-4-2-3-5-19(17)26/h2-5,15-16H,6-14H2,1H3/t15-/m0/s1. The van der Waals surface area contributed by atoms with Crippen molar-refractivity contribution in [1.29, 1.82) is 0 Å². The molecule has 32 heavy (non-hydrogen) atoms. The van der Waals surface area contributed by atoms with Crippen LogP contribution < -0.4 is 4.90 Å². The van der Waals surface area contributed by atoms with Crippen LogP contribution in [0.15, 0.2) is 24.3 Å². The second-order valence-electron chi connectivity index (χ2n) is 9.47. The first-order chi connectivity index (χ1) is 15.6. The summed E-state index contributed by atoms with van der Waals surface area (Å²) >= 11 is 1.86. The van der Waals surface area contributed by atoms with Crippen LogP contribution in [0.1, 0.15) is 58.7 Å². The fraction of sp³-hybridized carbons (Fsp3) is 0.480. The van der Waals surface area contributed by atoms with Gasteiger partial charge in [0.25, 0.3) is 5.91 Å². The van der Waals surface area contributed by atoms with Gasteiger partial charge in [0.1, 0.15) is 22.3 Å². The molecule has 2 aromatic heterocycles. The van der Waals surface area contributed by atoms with E-state index in [0.717, 1.165) is 35.2 Å². The molecule has 1 aromatic carbocycles. The molecule has 0 spiro atoms. The number of halogens is 1. The van der Waals surface area contributed by atoms with Crippen LogP contribution in [0.25, 0.3) is 10.2 Å². The average Bonchev–Trinajstić information content (AvgIpc) is 3.59. The lowest BCUT2D eigenvalue weighted by molar-refractivity contribution is 0.0742. The van der Waals surface area contributed by atoms with Gasteiger partial charge in [-0.2, -0.15) is 0 Å². The Labute approximate surface area is 191 Å². The van der Waals surface area contributed by atoms with Crippen LogP contribution in [0.5, 0.6) is 0 Å². The second kappa shape index (κ2) is 7.80. The van der Waals surface area contributed by atoms with E-state index >= 15 is 0 Å². The van der Waals surface area contributed by atoms with E-state index in [1.807, 2.05) is 11.3 Å². The molecular weight excluding hydrogens is 423 g/mol. The van der Waals surface area contributed by atoms with Crippen LogP contribution in [-0.4, -0.2) is 47.0 Å². The lowest BCUT2D eigenvalue weighted by Gasteiger charge is -2.36. The minimum Gasteiger partial charge on any atom is -0.352 e. The molecule has 2 aliphatic carbocycles. The highest BCUT2D eigenvalue weighted by molar-refractivity contribution is 7.19. The molecule has 5 nitrogen and oxygen atoms in total. The number of hydrogen-bond acceptors (Lipinski definition) is 5. The van der Waals surface area contributed by atoms with Crippen molar-refractivity contribution in [2.75, 3.05) is 31.1 Å². The van der Waals surface area contributed by atoms with Crippen molar-refractivity contribution in [3.63, 3.8) is 0 Å². The smallest absolute Gasteiger partial charge is 0.256 e. The topological polar surface area (TPSA) is 49.3 Å². The number of rotatable bonds is 3. The van der Waals surface area contributed by atoms with Gasteiger partial charge in [-0.15, -0.1) is 11.3 Å². The number of anilines is 1. The fourth-order valence-corrected chi connectivity index (χ4v) is 6.40. The van der Waals surface area contributed by atoms with Crippen molar-refractivity contribution in [2.24, 2.45) is 5.92 Å². The molecule has 1 amide bonds. The highest BCUT2D eigenvalue weighted by atomic mass is 32.1. The van der Waals surface area contributed by atoms with Crippen molar-refractivity contribution in [3.8, 4) is 0 Å². The van der Waals surface area contributed by atoms with Crippen LogP contribution in [0.2, 0.25) is 0 Å². The highest BCUT2D eigenvalue weighted by Crippen LogP contribution is 2.44. The molecular formula is C25H27FN4OS. The fourth-order valence-electron chi connectivity index (χ4n) is 5.02. The van der Waals surface area contributed by atoms with E-state index in [4.69, 9.17) is 9.97 Å². The monoisotopic (exact) mass is 450 g/mol. The Bertz CT molecular complexity index is 1200. The van der Waals surface area contributed by atoms with Crippen LogP contribution in [0.4, 0.5) is 10.2 Å². The van der Waals surface area contributed by atoms with Gasteiger partial charge in [-0.05, 0) is 55.7 Å². The molecule has 0 N–H and O–H groups in total. The van der Waals surface area contributed by atoms with E-state index in [2.05, 4.69) is 11.8 Å². The van der Waals surface area contributed by atoms with Crippen molar-refractivity contribution in [1.82, 2.24) is 14.9 Å². The number of nitrogens with zero attached hydrogens (tertiary/aromatic N) is 4. The van der Waals surface area contributed by atoms with Crippen molar-refractivity contribution in [2.45, 2.75) is 44.9 Å². The van der Waals surface area contributed by atoms with E-state index in [1.165, 1.54) is 41.2 Å². The van der Waals surface area contributed by atoms with E-state index in [9.17, 15) is 9.18 Å². The molecule has 3 aromatic rings. The summed E-state index contributed by atoms with van der Waals surface area (Å²) in [5, 5.41) is 1.25. The predicted octanol–water partition coefficient (Wildman–Crippen LogP) is 4.80. The van der Waals surface area contributed by atoms with E-state index in [0.29, 0.717) is 32.1 Å². The lowest BCUT2D eigenvalue weighted by Crippen LogP contribution is -2.49. The Hall–Kier alpha value is -2.54. The Morgan fingerprint density at radius 1 is 1.09 bits per heavy atom. The van der Waals surface area contributed by atoms with E-state index in [1.54, 1.807) is 23.1 Å². The number of fused-ring (bicyclic) bond motifs is 3. The zero-order chi connectivity index (χ0) is 21.8. The Kier molecular flexibility index (Phi) is 4.90. The molecule has 1 atom stereocenters. The molecule has 1 saturated heterocycles. The third-order valence-electron chi connectivity index (χ3n) is 7.07. The Morgan fingerprint density at radius 3 is 2.62 bits per heavy atom. The summed E-state index contributed by atoms with van der Waals surface area (Å²) in [7, 11) is 0. The molecule has 6 rings (SSSR count). The SMILES string of the molecule is C[C@H]1CCc2c(sc3nc(C4CC4)nc(N4CCN(C(=O)c5ccccc5F)CC4)c23)C1. The van der Waals surface area contributed by atoms with Gasteiger partial charge in [-0.1, -0.05) is 19.1 Å². The Morgan fingerprint density at radius 2 is 1.88 bits per heavy atom. The molecule has 3 heterocycles. The molecule has 0 bridgehead atoms. The van der Waals surface area contributed by atoms with Gasteiger partial charge in [-0.3, -0.25) is 4.79 Å². The molecule has 3 aliphatic rings. The summed E-state index contributed by atoms with van der Waals surface area (Å²) in [5.74, 6) is 2.59. The van der Waals surface area contributed by atoms with Gasteiger partial charge in [0, 0.05) is 37.0 Å². The maximum absolute atomic E-state index is 14.1. The van der Waals surface area contributed by atoms with Gasteiger partial charge < -0.3 is 9.80 Å². The van der Waals surface area contributed by atoms with Gasteiger partial charge in [0.15, 0.2) is 0 Å². The number of amides is 1. The number of carbonyl (C=O) groups excluding carboxylic acids is 1. The first kappa shape index (κ1) is 20.1. The molecule has 166 valence electrons. The minimum atomic E-state index is -0.453. The average molecular weight is 451 g/mol. The third kappa shape index (κ3) is 3.47. The Balaban J connectivity index is 1.30. The predicted molar refractivity (Wildman–Crippen MR) is 125 cm³/mol. The van der Waals surface area contributed by atoms with Crippen LogP contribution >= 0.6 is 11.3 Å². The molecule has 0 radical (unpaired) electrons. The van der Waals surface area contributed by atoms with Gasteiger partial charge in [0.2, 0.25) is 0 Å². The number of carbonyl (C=O) groups is 1. The zero-order valence-corrected chi connectivity index (χ0v) is 19.1. The lowest BCUT2D eigenvalue weighted by atomic mass is 9.89. The van der Waals surface area contributed by atoms with E-state index in [-0.39, 0.29) is 11.5 Å². The maximum Gasteiger partial charge on any atom is 0.256 e. The quantitative estimate of drug-likeness (QED) is 0.575. The molecule has 1 aliphatic heterocycles. The van der Waals surface area contributed by atoms with Crippen LogP contribution in [0, 0.1) is 11.7 Å². The molecule has 0 unspecified atom stereocenters. The molecule has 7 heteroatoms. The summed E-state index contributed by atoms with van der Waals surface area (Å²) in [6, 6.07) is 6.24. The summed E-state index contributed by atoms with van der Waals surface area (Å²) in [4.78, 5) is 29.6. The summed E-state index contributed by atoms with van der Waals surface area (Å²) in [6.07, 6.45) is 5.81. The third-order valence-corrected chi connectivity index (χ3v) is 8.21. The second-order valence-corrected chi connectivity index (χ2v) is 10.6. The van der Waals surface area contributed by atoms with Crippen LogP contribution in [-0.2, 0) is 12.8 Å². The summed E-state index contributed by atoms with van der Waals surface area (Å²) < 4.78 is 14.1. The summed E-state index contributed by atoms with van der Waals surface area (Å²) in [5.41, 5.74) is 1.60. The number of hydrogen-bond donors (Lipinski definition) is 0. The highest BCUT2D eigenvalue weighted by Gasteiger charge is 2.32. The van der Waals surface area contributed by atoms with Crippen molar-refractivity contribution < 1.29 is 9.18 Å². The van der Waals surface area contributed by atoms with E-state index < -0.39 is 5.82 Å². The first-order valence-electron chi connectivity index (χ1n) is 11.7. The normalized spacial score (nSPS) is 21.1. The number of aromatic nitrogens is 2.